The molecule has 0 radical (unpaired) electrons. The van der Waals surface area contributed by atoms with Crippen molar-refractivity contribution in [3.63, 3.8) is 0 Å². The average molecular weight is 352 g/mol. The second-order valence-electron chi connectivity index (χ2n) is 5.74. The molecule has 3 rings (SSSR count). The molecule has 1 aromatic heterocycles. The summed E-state index contributed by atoms with van der Waals surface area (Å²) < 4.78 is 61.2. The first kappa shape index (κ1) is 18.0. The standard InChI is InChI=1S/C13H19N2.CHF3O3S/c1-3-7-12(8-4-1)13-11-15(13)14-9-5-2-6-10-14;2-1(3,4)8(5,6)7/h2,5-6,9-10,12-13H,1,3-4,7-8,11H2;(H,5,6,7)/q+1;/p-1. The van der Waals surface area contributed by atoms with E-state index in [1.165, 1.54) is 38.6 Å². The largest absolute Gasteiger partial charge is 0.741 e. The van der Waals surface area contributed by atoms with Gasteiger partial charge in [-0.2, -0.15) is 18.2 Å². The zero-order valence-electron chi connectivity index (χ0n) is 12.4. The number of nitrogens with zero attached hydrogens (tertiary/aromatic N) is 2. The zero-order chi connectivity index (χ0) is 17.1. The molecule has 2 aliphatic rings. The van der Waals surface area contributed by atoms with Crippen LogP contribution >= 0.6 is 0 Å². The van der Waals surface area contributed by atoms with Crippen LogP contribution in [0.4, 0.5) is 13.2 Å². The van der Waals surface area contributed by atoms with Crippen LogP contribution in [0, 0.1) is 5.92 Å². The Balaban J connectivity index is 0.000000207. The van der Waals surface area contributed by atoms with Crippen molar-refractivity contribution < 1.29 is 30.8 Å². The molecule has 1 unspecified atom stereocenters. The number of alkyl halides is 3. The van der Waals surface area contributed by atoms with Gasteiger partial charge < -0.3 is 4.55 Å². The van der Waals surface area contributed by atoms with Crippen molar-refractivity contribution in [2.75, 3.05) is 11.6 Å². The van der Waals surface area contributed by atoms with E-state index < -0.39 is 15.6 Å². The van der Waals surface area contributed by atoms with Gasteiger partial charge in [0.15, 0.2) is 22.5 Å². The first-order valence-corrected chi connectivity index (χ1v) is 8.86. The molecule has 9 heteroatoms. The zero-order valence-corrected chi connectivity index (χ0v) is 13.3. The number of hydrogen-bond donors (Lipinski definition) is 0. The number of rotatable bonds is 2. The first-order valence-electron chi connectivity index (χ1n) is 7.45. The van der Waals surface area contributed by atoms with Crippen LogP contribution in [0.3, 0.4) is 0 Å². The van der Waals surface area contributed by atoms with E-state index in [0.29, 0.717) is 0 Å². The Kier molecular flexibility index (Phi) is 5.51. The van der Waals surface area contributed by atoms with Gasteiger partial charge in [-0.05, 0) is 18.8 Å². The van der Waals surface area contributed by atoms with E-state index in [-0.39, 0.29) is 0 Å². The monoisotopic (exact) mass is 352 g/mol. The molecule has 2 heterocycles. The third kappa shape index (κ3) is 5.07. The van der Waals surface area contributed by atoms with Gasteiger partial charge in [0.2, 0.25) is 0 Å². The van der Waals surface area contributed by atoms with Crippen molar-refractivity contribution >= 4 is 10.1 Å². The van der Waals surface area contributed by atoms with E-state index in [2.05, 4.69) is 40.3 Å². The van der Waals surface area contributed by atoms with Gasteiger partial charge in [0, 0.05) is 12.1 Å². The van der Waals surface area contributed by atoms with Crippen LogP contribution in [0.5, 0.6) is 0 Å². The highest BCUT2D eigenvalue weighted by molar-refractivity contribution is 7.86. The van der Waals surface area contributed by atoms with Gasteiger partial charge in [0.1, 0.15) is 6.04 Å². The summed E-state index contributed by atoms with van der Waals surface area (Å²) in [6.45, 7) is 1.26. The molecule has 1 atom stereocenters. The van der Waals surface area contributed by atoms with Crippen molar-refractivity contribution in [2.24, 2.45) is 5.92 Å². The maximum absolute atomic E-state index is 10.7. The van der Waals surface area contributed by atoms with Crippen LogP contribution in [-0.4, -0.2) is 31.1 Å². The normalized spacial score (nSPS) is 22.3. The maximum atomic E-state index is 10.7. The van der Waals surface area contributed by atoms with Crippen LogP contribution in [0.1, 0.15) is 32.1 Å². The Bertz CT molecular complexity index is 601. The Morgan fingerprint density at radius 3 is 2.04 bits per heavy atom. The lowest BCUT2D eigenvalue weighted by Crippen LogP contribution is -2.46. The third-order valence-corrected chi connectivity index (χ3v) is 4.66. The SMILES string of the molecule is O=S(=O)([O-])C(F)(F)F.c1cc[n+](N2CC2C2CCCCC2)cc1. The molecule has 1 aromatic rings. The van der Waals surface area contributed by atoms with Gasteiger partial charge >= 0.3 is 5.51 Å². The topological polar surface area (TPSA) is 64.1 Å². The highest BCUT2D eigenvalue weighted by Crippen LogP contribution is 2.33. The van der Waals surface area contributed by atoms with Crippen LogP contribution in [0.2, 0.25) is 0 Å². The molecule has 130 valence electrons. The van der Waals surface area contributed by atoms with Gasteiger partial charge in [-0.3, -0.25) is 0 Å². The third-order valence-electron chi connectivity index (χ3n) is 4.10. The summed E-state index contributed by atoms with van der Waals surface area (Å²) in [5.41, 5.74) is -5.65. The molecular formula is C14H19F3N2O3S. The molecule has 23 heavy (non-hydrogen) atoms. The van der Waals surface area contributed by atoms with E-state index in [0.717, 1.165) is 12.0 Å². The van der Waals surface area contributed by atoms with Crippen LogP contribution in [0.25, 0.3) is 0 Å². The predicted molar refractivity (Wildman–Crippen MR) is 75.8 cm³/mol. The molecule has 1 saturated carbocycles. The van der Waals surface area contributed by atoms with Crippen LogP contribution < -0.4 is 9.69 Å². The lowest BCUT2D eigenvalue weighted by atomic mass is 9.87. The molecule has 0 aromatic carbocycles. The maximum Gasteiger partial charge on any atom is 0.485 e. The Morgan fingerprint density at radius 1 is 1.04 bits per heavy atom. The number of aromatic nitrogens is 1. The van der Waals surface area contributed by atoms with E-state index in [9.17, 15) is 13.2 Å². The van der Waals surface area contributed by atoms with Crippen LogP contribution in [-0.2, 0) is 10.1 Å². The molecule has 2 fully saturated rings. The highest BCUT2D eigenvalue weighted by Gasteiger charge is 2.46. The molecule has 0 bridgehead atoms. The number of pyridine rings is 1. The number of halogens is 3. The number of hydrogen-bond acceptors (Lipinski definition) is 4. The first-order chi connectivity index (χ1) is 10.7. The van der Waals surface area contributed by atoms with Gasteiger partial charge in [0.25, 0.3) is 0 Å². The fraction of sp³-hybridized carbons (Fsp3) is 0.643. The minimum absolute atomic E-state index is 0.831. The van der Waals surface area contributed by atoms with Gasteiger partial charge in [-0.15, -0.1) is 0 Å². The van der Waals surface area contributed by atoms with E-state index in [4.69, 9.17) is 13.0 Å². The van der Waals surface area contributed by atoms with Crippen molar-refractivity contribution in [1.82, 2.24) is 0 Å². The lowest BCUT2D eigenvalue weighted by Gasteiger charge is -2.19. The fourth-order valence-corrected chi connectivity index (χ4v) is 2.88. The summed E-state index contributed by atoms with van der Waals surface area (Å²) in [6, 6.07) is 7.12. The van der Waals surface area contributed by atoms with Gasteiger partial charge in [0.05, 0.1) is 6.54 Å². The Labute approximate surface area is 133 Å². The molecule has 0 spiro atoms. The molecule has 0 N–H and O–H groups in total. The Hall–Kier alpha value is -1.35. The summed E-state index contributed by atoms with van der Waals surface area (Å²) in [6.07, 6.45) is 11.6. The van der Waals surface area contributed by atoms with Crippen molar-refractivity contribution in [3.8, 4) is 0 Å². The minimum Gasteiger partial charge on any atom is -0.741 e. The molecular weight excluding hydrogens is 333 g/mol. The van der Waals surface area contributed by atoms with E-state index in [1.807, 2.05) is 0 Å². The quantitative estimate of drug-likeness (QED) is 0.353. The van der Waals surface area contributed by atoms with Crippen molar-refractivity contribution in [1.29, 1.82) is 0 Å². The summed E-state index contributed by atoms with van der Waals surface area (Å²) in [5, 5.41) is 2.48. The van der Waals surface area contributed by atoms with Gasteiger partial charge in [-0.25, -0.2) is 8.42 Å². The van der Waals surface area contributed by atoms with Gasteiger partial charge in [-0.1, -0.05) is 30.0 Å². The lowest BCUT2D eigenvalue weighted by molar-refractivity contribution is -0.677. The molecule has 5 nitrogen and oxygen atoms in total. The summed E-state index contributed by atoms with van der Waals surface area (Å²) in [5.74, 6) is 0.964. The predicted octanol–water partition coefficient (Wildman–Crippen LogP) is 1.93. The van der Waals surface area contributed by atoms with E-state index in [1.54, 1.807) is 0 Å². The Morgan fingerprint density at radius 2 is 1.57 bits per heavy atom. The smallest absolute Gasteiger partial charge is 0.485 e. The molecule has 0 amide bonds. The summed E-state index contributed by atoms with van der Waals surface area (Å²) >= 11 is 0. The highest BCUT2D eigenvalue weighted by atomic mass is 32.2. The second kappa shape index (κ2) is 7.04. The summed E-state index contributed by atoms with van der Waals surface area (Å²) in [7, 11) is -6.09. The molecule has 1 saturated heterocycles. The van der Waals surface area contributed by atoms with E-state index >= 15 is 0 Å². The van der Waals surface area contributed by atoms with Crippen molar-refractivity contribution in [3.05, 3.63) is 30.6 Å². The fourth-order valence-electron chi connectivity index (χ4n) is 2.88. The summed E-state index contributed by atoms with van der Waals surface area (Å²) in [4.78, 5) is 0. The molecule has 1 aliphatic heterocycles. The second-order valence-corrected chi connectivity index (χ2v) is 7.11. The molecule has 1 aliphatic carbocycles. The average Bonchev–Trinajstić information content (AvgIpc) is 3.28. The van der Waals surface area contributed by atoms with Crippen LogP contribution in [0.15, 0.2) is 30.6 Å². The van der Waals surface area contributed by atoms with Crippen molar-refractivity contribution in [2.45, 2.75) is 43.7 Å². The minimum atomic E-state index is -6.09.